The zero-order chi connectivity index (χ0) is 20.6. The Balaban J connectivity index is 1.44. The number of rotatable bonds is 7. The molecule has 4 unspecified atom stereocenters. The highest BCUT2D eigenvalue weighted by Gasteiger charge is 2.66. The Labute approximate surface area is 168 Å². The Bertz CT molecular complexity index is 851. The third-order valence-corrected chi connectivity index (χ3v) is 5.73. The Hall–Kier alpha value is -2.87. The van der Waals surface area contributed by atoms with E-state index in [2.05, 4.69) is 5.32 Å². The van der Waals surface area contributed by atoms with Crippen molar-refractivity contribution in [1.29, 1.82) is 0 Å². The highest BCUT2D eigenvalue weighted by atomic mass is 16.5. The molecule has 0 aliphatic carbocycles. The van der Waals surface area contributed by atoms with Crippen LogP contribution in [0.4, 0.5) is 0 Å². The number of benzene rings is 1. The van der Waals surface area contributed by atoms with E-state index >= 15 is 0 Å². The van der Waals surface area contributed by atoms with Gasteiger partial charge in [0.2, 0.25) is 11.8 Å². The van der Waals surface area contributed by atoms with Crippen molar-refractivity contribution >= 4 is 17.8 Å². The average Bonchev–Trinajstić information content (AvgIpc) is 3.35. The molecule has 8 heteroatoms. The van der Waals surface area contributed by atoms with Crippen LogP contribution < -0.4 is 10.1 Å². The van der Waals surface area contributed by atoms with Crippen molar-refractivity contribution in [2.45, 2.75) is 25.2 Å². The Morgan fingerprint density at radius 2 is 2.07 bits per heavy atom. The Kier molecular flexibility index (Phi) is 5.04. The molecule has 154 valence electrons. The van der Waals surface area contributed by atoms with Crippen molar-refractivity contribution in [2.75, 3.05) is 26.8 Å². The van der Waals surface area contributed by atoms with Crippen LogP contribution in [0.1, 0.15) is 12.5 Å². The minimum atomic E-state index is -0.837. The van der Waals surface area contributed by atoms with Gasteiger partial charge in [-0.15, -0.1) is 0 Å². The van der Waals surface area contributed by atoms with Gasteiger partial charge in [-0.1, -0.05) is 24.3 Å². The van der Waals surface area contributed by atoms with Crippen LogP contribution in [-0.2, 0) is 30.4 Å². The zero-order valence-electron chi connectivity index (χ0n) is 16.4. The highest BCUT2D eigenvalue weighted by Crippen LogP contribution is 2.51. The van der Waals surface area contributed by atoms with Gasteiger partial charge in [-0.3, -0.25) is 14.4 Å². The first-order valence-corrected chi connectivity index (χ1v) is 9.69. The van der Waals surface area contributed by atoms with Crippen LogP contribution in [-0.4, -0.2) is 61.2 Å². The molecule has 1 N–H and O–H groups in total. The maximum atomic E-state index is 13.0. The van der Waals surface area contributed by atoms with E-state index < -0.39 is 29.5 Å². The number of nitrogens with one attached hydrogen (secondary N) is 1. The van der Waals surface area contributed by atoms with Gasteiger partial charge < -0.3 is 24.4 Å². The molecule has 2 saturated heterocycles. The summed E-state index contributed by atoms with van der Waals surface area (Å²) < 4.78 is 16.1. The number of likely N-dealkylation sites (tertiary alicyclic amines) is 1. The van der Waals surface area contributed by atoms with Crippen LogP contribution in [0.15, 0.2) is 36.4 Å². The van der Waals surface area contributed by atoms with Gasteiger partial charge in [-0.05, 0) is 24.6 Å². The van der Waals surface area contributed by atoms with Gasteiger partial charge in [0.05, 0.1) is 38.2 Å². The van der Waals surface area contributed by atoms with E-state index in [0.29, 0.717) is 6.54 Å². The Morgan fingerprint density at radius 1 is 1.31 bits per heavy atom. The van der Waals surface area contributed by atoms with E-state index in [1.807, 2.05) is 36.4 Å². The Morgan fingerprint density at radius 3 is 2.76 bits per heavy atom. The summed E-state index contributed by atoms with van der Waals surface area (Å²) in [6.07, 6.45) is 3.28. The van der Waals surface area contributed by atoms with Crippen LogP contribution in [0.3, 0.4) is 0 Å². The lowest BCUT2D eigenvalue weighted by Crippen LogP contribution is -2.44. The van der Waals surface area contributed by atoms with Crippen LogP contribution >= 0.6 is 0 Å². The molecule has 3 aliphatic heterocycles. The summed E-state index contributed by atoms with van der Waals surface area (Å²) in [7, 11) is 1.60. The second-order valence-corrected chi connectivity index (χ2v) is 7.47. The lowest BCUT2D eigenvalue weighted by atomic mass is 9.77. The van der Waals surface area contributed by atoms with Crippen molar-refractivity contribution in [3.63, 3.8) is 0 Å². The molecule has 4 atom stereocenters. The first kappa shape index (κ1) is 19.4. The van der Waals surface area contributed by atoms with E-state index in [9.17, 15) is 14.4 Å². The smallest absolute Gasteiger partial charge is 0.325 e. The van der Waals surface area contributed by atoms with Gasteiger partial charge in [-0.2, -0.15) is 0 Å². The molecule has 2 fully saturated rings. The standard InChI is InChI=1S/C21H24N2O6/c1-3-28-16(24)11-23-12-21-9-8-15(29-21)17(18(21)20(23)26)19(25)22-10-13-4-6-14(27-2)7-5-13/h4-9,15,17-18H,3,10-12H2,1-2H3,(H,22,25). The second-order valence-electron chi connectivity index (χ2n) is 7.47. The predicted octanol–water partition coefficient (Wildman–Crippen LogP) is 0.657. The summed E-state index contributed by atoms with van der Waals surface area (Å²) in [5, 5.41) is 2.91. The van der Waals surface area contributed by atoms with Crippen molar-refractivity contribution in [2.24, 2.45) is 11.8 Å². The molecule has 3 aliphatic rings. The van der Waals surface area contributed by atoms with Gasteiger partial charge in [0, 0.05) is 6.54 Å². The molecule has 0 aromatic heterocycles. The zero-order valence-corrected chi connectivity index (χ0v) is 16.4. The summed E-state index contributed by atoms with van der Waals surface area (Å²) >= 11 is 0. The largest absolute Gasteiger partial charge is 0.497 e. The number of fused-ring (bicyclic) bond motifs is 1. The van der Waals surface area contributed by atoms with Gasteiger partial charge in [-0.25, -0.2) is 0 Å². The summed E-state index contributed by atoms with van der Waals surface area (Å²) in [4.78, 5) is 39.2. The highest BCUT2D eigenvalue weighted by molar-refractivity contribution is 5.94. The normalized spacial score (nSPS) is 29.1. The topological polar surface area (TPSA) is 94.2 Å². The number of carbonyl (C=O) groups excluding carboxylic acids is 3. The fourth-order valence-electron chi connectivity index (χ4n) is 4.42. The molecular weight excluding hydrogens is 376 g/mol. The van der Waals surface area contributed by atoms with Gasteiger partial charge in [0.15, 0.2) is 0 Å². The van der Waals surface area contributed by atoms with Crippen LogP contribution in [0.5, 0.6) is 5.75 Å². The number of ether oxygens (including phenoxy) is 3. The molecular formula is C21H24N2O6. The number of hydrogen-bond acceptors (Lipinski definition) is 6. The molecule has 1 aromatic rings. The lowest BCUT2D eigenvalue weighted by Gasteiger charge is -2.23. The number of esters is 1. The fourth-order valence-corrected chi connectivity index (χ4v) is 4.42. The molecule has 0 saturated carbocycles. The molecule has 4 rings (SSSR count). The minimum absolute atomic E-state index is 0.132. The van der Waals surface area contributed by atoms with E-state index in [1.165, 1.54) is 4.90 Å². The van der Waals surface area contributed by atoms with Crippen LogP contribution in [0, 0.1) is 11.8 Å². The fraction of sp³-hybridized carbons (Fsp3) is 0.476. The van der Waals surface area contributed by atoms with Crippen LogP contribution in [0.2, 0.25) is 0 Å². The molecule has 1 spiro atoms. The van der Waals surface area contributed by atoms with Crippen molar-refractivity contribution in [3.05, 3.63) is 42.0 Å². The first-order valence-electron chi connectivity index (χ1n) is 9.69. The molecule has 3 heterocycles. The maximum Gasteiger partial charge on any atom is 0.325 e. The van der Waals surface area contributed by atoms with E-state index in [1.54, 1.807) is 14.0 Å². The second kappa shape index (κ2) is 7.51. The molecule has 8 nitrogen and oxygen atoms in total. The van der Waals surface area contributed by atoms with E-state index in [0.717, 1.165) is 11.3 Å². The van der Waals surface area contributed by atoms with Gasteiger partial charge in [0.1, 0.15) is 17.9 Å². The molecule has 0 radical (unpaired) electrons. The number of carbonyl (C=O) groups is 3. The summed E-state index contributed by atoms with van der Waals surface area (Å²) in [6, 6.07) is 7.40. The van der Waals surface area contributed by atoms with Crippen molar-refractivity contribution in [3.8, 4) is 5.75 Å². The number of nitrogens with zero attached hydrogens (tertiary/aromatic N) is 1. The number of hydrogen-bond donors (Lipinski definition) is 1. The monoisotopic (exact) mass is 400 g/mol. The molecule has 29 heavy (non-hydrogen) atoms. The third-order valence-electron chi connectivity index (χ3n) is 5.73. The first-order chi connectivity index (χ1) is 14.0. The number of methoxy groups -OCH3 is 1. The summed E-state index contributed by atoms with van der Waals surface area (Å²) in [6.45, 7) is 2.44. The molecule has 2 amide bonds. The minimum Gasteiger partial charge on any atom is -0.497 e. The predicted molar refractivity (Wildman–Crippen MR) is 102 cm³/mol. The molecule has 2 bridgehead atoms. The third kappa shape index (κ3) is 3.37. The quantitative estimate of drug-likeness (QED) is 0.534. The summed E-state index contributed by atoms with van der Waals surface area (Å²) in [5.41, 5.74) is 0.0891. The van der Waals surface area contributed by atoms with E-state index in [-0.39, 0.29) is 31.5 Å². The summed E-state index contributed by atoms with van der Waals surface area (Å²) in [5.74, 6) is -1.42. The van der Waals surface area contributed by atoms with Gasteiger partial charge >= 0.3 is 5.97 Å². The average molecular weight is 400 g/mol. The SMILES string of the molecule is CCOC(=O)CN1CC23C=CC(O2)C(C(=O)NCc2ccc(OC)cc2)C3C1=O. The maximum absolute atomic E-state index is 13.0. The van der Waals surface area contributed by atoms with E-state index in [4.69, 9.17) is 14.2 Å². The van der Waals surface area contributed by atoms with Crippen molar-refractivity contribution < 1.29 is 28.6 Å². The number of amides is 2. The lowest BCUT2D eigenvalue weighted by molar-refractivity contribution is -0.149. The van der Waals surface area contributed by atoms with Crippen LogP contribution in [0.25, 0.3) is 0 Å². The van der Waals surface area contributed by atoms with Crippen molar-refractivity contribution in [1.82, 2.24) is 10.2 Å². The molecule has 1 aromatic carbocycles. The van der Waals surface area contributed by atoms with Gasteiger partial charge in [0.25, 0.3) is 0 Å².